The van der Waals surface area contributed by atoms with Gasteiger partial charge in [0, 0.05) is 36.1 Å². The molecule has 0 amide bonds. The molecule has 142 valence electrons. The Hall–Kier alpha value is -2.32. The van der Waals surface area contributed by atoms with Gasteiger partial charge in [-0.05, 0) is 17.0 Å². The minimum Gasteiger partial charge on any atom is -0.356 e. The van der Waals surface area contributed by atoms with Crippen LogP contribution in [-0.2, 0) is 10.0 Å². The number of sulfonamides is 1. The van der Waals surface area contributed by atoms with Gasteiger partial charge in [0.25, 0.3) is 10.0 Å². The Morgan fingerprint density at radius 1 is 1.30 bits per heavy atom. The van der Waals surface area contributed by atoms with E-state index in [-0.39, 0.29) is 28.7 Å². The molecule has 0 radical (unpaired) electrons. The van der Waals surface area contributed by atoms with Crippen molar-refractivity contribution < 1.29 is 17.3 Å². The van der Waals surface area contributed by atoms with Crippen molar-refractivity contribution in [1.82, 2.24) is 10.1 Å². The molecule has 2 aliphatic carbocycles. The molecular weight excluding hydrogens is 369 g/mol. The second-order valence-electron chi connectivity index (χ2n) is 7.66. The number of hydrogen-bond acceptors (Lipinski definition) is 5. The lowest BCUT2D eigenvalue weighted by Crippen LogP contribution is -2.13. The summed E-state index contributed by atoms with van der Waals surface area (Å²) in [6.45, 7) is 4.23. The fraction of sp³-hybridized carbons (Fsp3) is 0.368. The van der Waals surface area contributed by atoms with Crippen LogP contribution >= 0.6 is 0 Å². The molecule has 0 aliphatic heterocycles. The Bertz CT molecular complexity index is 1040. The van der Waals surface area contributed by atoms with E-state index in [1.165, 1.54) is 12.1 Å². The van der Waals surface area contributed by atoms with Gasteiger partial charge in [0.2, 0.25) is 0 Å². The van der Waals surface area contributed by atoms with Crippen molar-refractivity contribution in [3.05, 3.63) is 59.6 Å². The first kappa shape index (κ1) is 18.1. The van der Waals surface area contributed by atoms with Gasteiger partial charge in [0.15, 0.2) is 10.8 Å². The molecule has 4 rings (SSSR count). The second-order valence-corrected chi connectivity index (χ2v) is 9.17. The molecule has 2 aromatic rings. The zero-order valence-electron chi connectivity index (χ0n) is 15.0. The Kier molecular flexibility index (Phi) is 4.08. The van der Waals surface area contributed by atoms with Gasteiger partial charge in [-0.15, -0.1) is 0 Å². The van der Waals surface area contributed by atoms with Crippen LogP contribution in [-0.4, -0.2) is 24.7 Å². The van der Waals surface area contributed by atoms with E-state index in [0.29, 0.717) is 5.76 Å². The van der Waals surface area contributed by atoms with Crippen LogP contribution in [0.1, 0.15) is 49.1 Å². The number of alkyl halides is 1. The van der Waals surface area contributed by atoms with Crippen LogP contribution < -0.4 is 5.14 Å². The van der Waals surface area contributed by atoms with Crippen LogP contribution in [0.5, 0.6) is 0 Å². The van der Waals surface area contributed by atoms with E-state index < -0.39 is 16.2 Å². The summed E-state index contributed by atoms with van der Waals surface area (Å²) in [5.74, 6) is 0.825. The fourth-order valence-corrected chi connectivity index (χ4v) is 4.42. The summed E-state index contributed by atoms with van der Waals surface area (Å²) in [5.41, 5.74) is 2.44. The molecule has 1 saturated carbocycles. The van der Waals surface area contributed by atoms with Crippen molar-refractivity contribution in [1.29, 1.82) is 0 Å². The molecule has 0 aromatic carbocycles. The molecule has 0 bridgehead atoms. The summed E-state index contributed by atoms with van der Waals surface area (Å²) in [4.78, 5) is 3.98. The minimum atomic E-state index is -3.81. The molecular formula is C19H20FN3O3S. The summed E-state index contributed by atoms with van der Waals surface area (Å²) >= 11 is 0. The molecule has 2 N–H and O–H groups in total. The Balaban J connectivity index is 1.58. The predicted octanol–water partition coefficient (Wildman–Crippen LogP) is 3.31. The highest BCUT2D eigenvalue weighted by atomic mass is 32.2. The maximum absolute atomic E-state index is 13.6. The number of aromatic nitrogens is 2. The van der Waals surface area contributed by atoms with Gasteiger partial charge in [0.05, 0.1) is 5.69 Å². The van der Waals surface area contributed by atoms with Crippen LogP contribution in [0.3, 0.4) is 0 Å². The van der Waals surface area contributed by atoms with Crippen LogP contribution in [0.25, 0.3) is 5.57 Å². The summed E-state index contributed by atoms with van der Waals surface area (Å²) in [6.07, 6.45) is 5.86. The number of halogens is 1. The Morgan fingerprint density at radius 2 is 2.07 bits per heavy atom. The highest BCUT2D eigenvalue weighted by Crippen LogP contribution is 2.69. The van der Waals surface area contributed by atoms with Gasteiger partial charge in [0.1, 0.15) is 6.17 Å². The van der Waals surface area contributed by atoms with Crippen molar-refractivity contribution >= 4 is 15.6 Å². The van der Waals surface area contributed by atoms with Crippen molar-refractivity contribution in [3.8, 4) is 0 Å². The van der Waals surface area contributed by atoms with E-state index in [1.54, 1.807) is 18.3 Å². The van der Waals surface area contributed by atoms with Crippen LogP contribution in [0, 0.1) is 5.41 Å². The molecule has 0 saturated heterocycles. The van der Waals surface area contributed by atoms with E-state index in [4.69, 9.17) is 9.66 Å². The van der Waals surface area contributed by atoms with E-state index in [9.17, 15) is 12.8 Å². The molecule has 2 aromatic heterocycles. The third-order valence-corrected chi connectivity index (χ3v) is 6.26. The molecule has 2 aliphatic rings. The zero-order valence-corrected chi connectivity index (χ0v) is 15.8. The van der Waals surface area contributed by atoms with E-state index in [1.807, 2.05) is 12.1 Å². The van der Waals surface area contributed by atoms with E-state index in [2.05, 4.69) is 24.0 Å². The SMILES string of the molecule is CC1(C)C(c2ccc(S(N)(=O)=O)nc2)C1c1cc(C2=CC=CC(F)C2)on1. The van der Waals surface area contributed by atoms with Crippen LogP contribution in [0.4, 0.5) is 4.39 Å². The molecule has 3 unspecified atom stereocenters. The van der Waals surface area contributed by atoms with Gasteiger partial charge in [-0.2, -0.15) is 0 Å². The Morgan fingerprint density at radius 3 is 2.70 bits per heavy atom. The molecule has 2 heterocycles. The average molecular weight is 389 g/mol. The van der Waals surface area contributed by atoms with E-state index in [0.717, 1.165) is 16.8 Å². The maximum atomic E-state index is 13.6. The lowest BCUT2D eigenvalue weighted by Gasteiger charge is -2.08. The first-order chi connectivity index (χ1) is 12.7. The Labute approximate surface area is 157 Å². The quantitative estimate of drug-likeness (QED) is 0.865. The van der Waals surface area contributed by atoms with Gasteiger partial charge >= 0.3 is 0 Å². The molecule has 1 fully saturated rings. The topological polar surface area (TPSA) is 99.1 Å². The average Bonchev–Trinajstić information content (AvgIpc) is 2.94. The highest BCUT2D eigenvalue weighted by Gasteiger charge is 2.60. The largest absolute Gasteiger partial charge is 0.356 e. The minimum absolute atomic E-state index is 0.0809. The lowest BCUT2D eigenvalue weighted by molar-refractivity contribution is 0.382. The summed E-state index contributed by atoms with van der Waals surface area (Å²) in [6, 6.07) is 5.03. The van der Waals surface area contributed by atoms with Crippen molar-refractivity contribution in [2.24, 2.45) is 10.6 Å². The normalized spacial score (nSPS) is 26.7. The first-order valence-corrected chi connectivity index (χ1v) is 10.2. The van der Waals surface area contributed by atoms with Crippen molar-refractivity contribution in [2.45, 2.75) is 43.3 Å². The summed E-state index contributed by atoms with van der Waals surface area (Å²) < 4.78 is 41.8. The fourth-order valence-electron chi connectivity index (χ4n) is 3.96. The third-order valence-electron chi connectivity index (χ3n) is 5.43. The predicted molar refractivity (Wildman–Crippen MR) is 98.0 cm³/mol. The summed E-state index contributed by atoms with van der Waals surface area (Å²) in [7, 11) is -3.81. The molecule has 27 heavy (non-hydrogen) atoms. The van der Waals surface area contributed by atoms with Gasteiger partial charge in [-0.3, -0.25) is 0 Å². The van der Waals surface area contributed by atoms with Crippen molar-refractivity contribution in [2.75, 3.05) is 0 Å². The zero-order chi connectivity index (χ0) is 19.4. The van der Waals surface area contributed by atoms with Crippen molar-refractivity contribution in [3.63, 3.8) is 0 Å². The van der Waals surface area contributed by atoms with Crippen LogP contribution in [0.2, 0.25) is 0 Å². The van der Waals surface area contributed by atoms with Gasteiger partial charge in [-0.1, -0.05) is 43.3 Å². The number of nitrogens with zero attached hydrogens (tertiary/aromatic N) is 2. The standard InChI is InChI=1S/C19H20FN3O3S/c1-19(2)17(12-6-7-16(22-10-12)27(21,24)25)18(19)14-9-15(26-23-14)11-4-3-5-13(20)8-11/h3-7,9-10,13,17-18H,8H2,1-2H3,(H2,21,24,25). The first-order valence-electron chi connectivity index (χ1n) is 8.65. The van der Waals surface area contributed by atoms with Gasteiger partial charge < -0.3 is 4.52 Å². The number of pyridine rings is 1. The number of nitrogens with two attached hydrogens (primary N) is 1. The number of primary sulfonamides is 1. The second kappa shape index (κ2) is 6.10. The molecule has 0 spiro atoms. The lowest BCUT2D eigenvalue weighted by atomic mass is 10.0. The maximum Gasteiger partial charge on any atom is 0.255 e. The molecule has 8 heteroatoms. The highest BCUT2D eigenvalue weighted by molar-refractivity contribution is 7.89. The molecule has 6 nitrogen and oxygen atoms in total. The van der Waals surface area contributed by atoms with E-state index >= 15 is 0 Å². The number of allylic oxidation sites excluding steroid dienone is 4. The number of rotatable bonds is 4. The number of hydrogen-bond donors (Lipinski definition) is 1. The smallest absolute Gasteiger partial charge is 0.255 e. The van der Waals surface area contributed by atoms with Gasteiger partial charge in [-0.25, -0.2) is 22.9 Å². The monoisotopic (exact) mass is 389 g/mol. The summed E-state index contributed by atoms with van der Waals surface area (Å²) in [5, 5.41) is 9.16. The molecule has 3 atom stereocenters. The van der Waals surface area contributed by atoms with Crippen LogP contribution in [0.15, 0.2) is 52.2 Å². The third kappa shape index (κ3) is 3.23.